The van der Waals surface area contributed by atoms with E-state index >= 15 is 0 Å². The van der Waals surface area contributed by atoms with Crippen LogP contribution >= 0.6 is 7.94 Å². The number of nitro groups is 1. The summed E-state index contributed by atoms with van der Waals surface area (Å²) in [5.74, 6) is -0.727. The zero-order valence-electron chi connectivity index (χ0n) is 18.3. The molecular weight excluding hydrogens is 423 g/mol. The quantitative estimate of drug-likeness (QED) is 0.321. The first-order chi connectivity index (χ1) is 14.4. The summed E-state index contributed by atoms with van der Waals surface area (Å²) in [6.07, 6.45) is 0.196. The highest BCUT2D eigenvalue weighted by Crippen LogP contribution is 2.65. The smallest absolute Gasteiger partial charge is 0.449 e. The molecule has 1 aliphatic rings. The lowest BCUT2D eigenvalue weighted by Gasteiger charge is -2.36. The molecule has 0 amide bonds. The number of methoxy groups -OCH3 is 1. The van der Waals surface area contributed by atoms with Crippen molar-refractivity contribution in [1.29, 1.82) is 0 Å². The van der Waals surface area contributed by atoms with E-state index in [9.17, 15) is 19.8 Å². The Balaban J connectivity index is 2.46. The molecule has 1 saturated heterocycles. The lowest BCUT2D eigenvalue weighted by molar-refractivity contribution is -0.384. The monoisotopic (exact) mass is 449 g/mol. The maximum atomic E-state index is 12.8. The van der Waals surface area contributed by atoms with Gasteiger partial charge in [-0.25, -0.2) is 4.79 Å². The number of aromatic nitrogens is 1. The van der Waals surface area contributed by atoms with Crippen LogP contribution < -0.4 is 5.30 Å². The Bertz CT molecular complexity index is 1060. The molecule has 1 aromatic carbocycles. The number of ether oxygens (including phenoxy) is 1. The third-order valence-corrected chi connectivity index (χ3v) is 7.54. The Morgan fingerprint density at radius 2 is 1.97 bits per heavy atom. The molecule has 31 heavy (non-hydrogen) atoms. The summed E-state index contributed by atoms with van der Waals surface area (Å²) in [7, 11) is -2.56. The maximum absolute atomic E-state index is 12.8. The van der Waals surface area contributed by atoms with Gasteiger partial charge in [-0.15, -0.1) is 0 Å². The van der Waals surface area contributed by atoms with Crippen LogP contribution in [0.15, 0.2) is 24.3 Å². The predicted molar refractivity (Wildman–Crippen MR) is 116 cm³/mol. The lowest BCUT2D eigenvalue weighted by Crippen LogP contribution is -2.40. The van der Waals surface area contributed by atoms with Crippen molar-refractivity contribution in [1.82, 2.24) is 4.98 Å². The molecule has 1 fully saturated rings. The summed E-state index contributed by atoms with van der Waals surface area (Å²) in [4.78, 5) is 40.1. The minimum atomic E-state index is -3.77. The van der Waals surface area contributed by atoms with E-state index in [2.05, 4.69) is 4.98 Å². The summed E-state index contributed by atoms with van der Waals surface area (Å²) >= 11 is 0. The van der Waals surface area contributed by atoms with Crippen molar-refractivity contribution in [2.24, 2.45) is 0 Å². The second kappa shape index (κ2) is 8.24. The molecule has 1 N–H and O–H groups in total. The molecule has 2 unspecified atom stereocenters. The van der Waals surface area contributed by atoms with E-state index in [1.54, 1.807) is 19.9 Å². The molecule has 9 nitrogen and oxygen atoms in total. The molecule has 3 rings (SSSR count). The summed E-state index contributed by atoms with van der Waals surface area (Å²) in [5.41, 5.74) is 0.0427. The van der Waals surface area contributed by atoms with E-state index < -0.39 is 24.4 Å². The van der Waals surface area contributed by atoms with Crippen molar-refractivity contribution in [3.05, 3.63) is 51.3 Å². The number of esters is 1. The van der Waals surface area contributed by atoms with Crippen LogP contribution in [0.4, 0.5) is 5.69 Å². The average molecular weight is 449 g/mol. The standard InChI is InChI=1S/C21H26N2O7P/c1-12-11-21(4,5)30-31(27,29-12)19-14(3)22-13(2)17(20(24)28-6)18(19)15-9-7-8-10-16(15)23(25)26/h7-10,12,27H,11H2,1-6H3/q+1. The molecule has 0 spiro atoms. The number of rotatable bonds is 4. The molecule has 10 heteroatoms. The summed E-state index contributed by atoms with van der Waals surface area (Å²) in [6, 6.07) is 6.01. The average Bonchev–Trinajstić information content (AvgIpc) is 2.64. The van der Waals surface area contributed by atoms with E-state index in [1.807, 2.05) is 20.8 Å². The molecule has 0 saturated carbocycles. The summed E-state index contributed by atoms with van der Waals surface area (Å²) in [5, 5.41) is 11.9. The molecule has 1 aromatic heterocycles. The number of hydrogen-bond acceptors (Lipinski definition) is 8. The van der Waals surface area contributed by atoms with E-state index in [1.165, 1.54) is 25.3 Å². The van der Waals surface area contributed by atoms with Gasteiger partial charge in [0.25, 0.3) is 5.69 Å². The number of para-hydroxylation sites is 1. The molecule has 0 bridgehead atoms. The van der Waals surface area contributed by atoms with Crippen molar-refractivity contribution in [3.8, 4) is 11.1 Å². The topological polar surface area (TPSA) is 121 Å². The normalized spacial score (nSPS) is 22.7. The Morgan fingerprint density at radius 1 is 1.32 bits per heavy atom. The fourth-order valence-electron chi connectivity index (χ4n) is 4.11. The summed E-state index contributed by atoms with van der Waals surface area (Å²) < 4.78 is 16.9. The van der Waals surface area contributed by atoms with Crippen LogP contribution in [0.5, 0.6) is 0 Å². The maximum Gasteiger partial charge on any atom is 0.449 e. The number of carbonyl (C=O) groups is 1. The third-order valence-electron chi connectivity index (χ3n) is 5.04. The van der Waals surface area contributed by atoms with Gasteiger partial charge in [0, 0.05) is 12.5 Å². The molecule has 0 radical (unpaired) electrons. The largest absolute Gasteiger partial charge is 0.465 e. The SMILES string of the molecule is COC(=O)c1c(C)nc(C)c([P+]2(O)OC(C)CC(C)(C)O2)c1-c1ccccc1[N+](=O)[O-]. The van der Waals surface area contributed by atoms with Crippen molar-refractivity contribution in [3.63, 3.8) is 0 Å². The molecule has 166 valence electrons. The first-order valence-corrected chi connectivity index (χ1v) is 11.3. The Morgan fingerprint density at radius 3 is 2.55 bits per heavy atom. The van der Waals surface area contributed by atoms with Gasteiger partial charge < -0.3 is 4.74 Å². The predicted octanol–water partition coefficient (Wildman–Crippen LogP) is 4.04. The van der Waals surface area contributed by atoms with Crippen LogP contribution in [0.3, 0.4) is 0 Å². The van der Waals surface area contributed by atoms with E-state index in [-0.39, 0.29) is 33.8 Å². The minimum Gasteiger partial charge on any atom is -0.465 e. The highest BCUT2D eigenvalue weighted by atomic mass is 31.2. The fraction of sp³-hybridized carbons (Fsp3) is 0.429. The van der Waals surface area contributed by atoms with E-state index in [4.69, 9.17) is 13.8 Å². The third kappa shape index (κ3) is 4.32. The van der Waals surface area contributed by atoms with Gasteiger partial charge >= 0.3 is 13.9 Å². The molecule has 2 atom stereocenters. The zero-order chi connectivity index (χ0) is 23.1. The second-order valence-corrected chi connectivity index (χ2v) is 10.0. The molecule has 1 aliphatic heterocycles. The number of benzene rings is 1. The van der Waals surface area contributed by atoms with E-state index in [0.29, 0.717) is 17.8 Å². The first-order valence-electron chi connectivity index (χ1n) is 9.75. The number of nitro benzene ring substituents is 1. The highest BCUT2D eigenvalue weighted by Gasteiger charge is 2.58. The molecule has 0 aliphatic carbocycles. The fourth-order valence-corrected chi connectivity index (χ4v) is 6.63. The highest BCUT2D eigenvalue weighted by molar-refractivity contribution is 7.69. The van der Waals surface area contributed by atoms with Crippen LogP contribution in [0.2, 0.25) is 0 Å². The molecule has 2 heterocycles. The van der Waals surface area contributed by atoms with E-state index in [0.717, 1.165) is 0 Å². The van der Waals surface area contributed by atoms with Crippen molar-refractivity contribution < 1.29 is 28.4 Å². The second-order valence-electron chi connectivity index (χ2n) is 8.14. The van der Waals surface area contributed by atoms with Gasteiger partial charge in [0.1, 0.15) is 11.7 Å². The number of hydrogen-bond donors (Lipinski definition) is 1. The molecule has 2 aromatic rings. The van der Waals surface area contributed by atoms with Crippen LogP contribution in [0.25, 0.3) is 11.1 Å². The lowest BCUT2D eigenvalue weighted by atomic mass is 9.96. The van der Waals surface area contributed by atoms with Gasteiger partial charge in [-0.1, -0.05) is 12.1 Å². The van der Waals surface area contributed by atoms with Crippen molar-refractivity contribution in [2.45, 2.75) is 52.7 Å². The Kier molecular flexibility index (Phi) is 6.17. The number of pyridine rings is 1. The van der Waals surface area contributed by atoms with Crippen LogP contribution in [0, 0.1) is 24.0 Å². The zero-order valence-corrected chi connectivity index (χ0v) is 19.2. The van der Waals surface area contributed by atoms with Gasteiger partial charge in [0.05, 0.1) is 40.1 Å². The number of nitrogens with zero attached hydrogens (tertiary/aromatic N) is 2. The number of aryl methyl sites for hydroxylation is 2. The van der Waals surface area contributed by atoms with Crippen molar-refractivity contribution in [2.75, 3.05) is 7.11 Å². The van der Waals surface area contributed by atoms with Gasteiger partial charge in [0.2, 0.25) is 5.30 Å². The van der Waals surface area contributed by atoms with Crippen LogP contribution in [0.1, 0.15) is 48.9 Å². The summed E-state index contributed by atoms with van der Waals surface area (Å²) in [6.45, 7) is 8.75. The van der Waals surface area contributed by atoms with Crippen LogP contribution in [-0.2, 0) is 13.8 Å². The minimum absolute atomic E-state index is 0.0223. The molecular formula is C21H26N2O7P+. The van der Waals surface area contributed by atoms with Crippen LogP contribution in [-0.4, -0.2) is 39.6 Å². The Hall–Kier alpha value is -2.45. The van der Waals surface area contributed by atoms with Gasteiger partial charge in [-0.2, -0.15) is 13.9 Å². The van der Waals surface area contributed by atoms with Gasteiger partial charge in [0.15, 0.2) is 0 Å². The van der Waals surface area contributed by atoms with Gasteiger partial charge in [-0.05, 0) is 40.7 Å². The Labute approximate surface area is 181 Å². The van der Waals surface area contributed by atoms with Crippen molar-refractivity contribution >= 4 is 24.9 Å². The van der Waals surface area contributed by atoms with Gasteiger partial charge in [-0.3, -0.25) is 15.1 Å². The first kappa shape index (κ1) is 23.2. The number of carbonyl (C=O) groups excluding carboxylic acids is 1.